The number of carbonyl (C=O) groups is 1. The first kappa shape index (κ1) is 25.9. The first-order valence-electron chi connectivity index (χ1n) is 13.4. The number of piperidine rings is 1. The number of benzene rings is 2. The zero-order valence-corrected chi connectivity index (χ0v) is 22.0. The molecule has 0 atom stereocenters. The lowest BCUT2D eigenvalue weighted by Gasteiger charge is -2.37. The van der Waals surface area contributed by atoms with Crippen LogP contribution in [-0.4, -0.2) is 79.4 Å². The fraction of sp³-hybridized carbons (Fsp3) is 0.393. The van der Waals surface area contributed by atoms with Gasteiger partial charge < -0.3 is 34.6 Å². The van der Waals surface area contributed by atoms with Crippen LogP contribution in [0.4, 0.5) is 28.1 Å². The lowest BCUT2D eigenvalue weighted by atomic mass is 10.0. The molecule has 6 rings (SSSR count). The van der Waals surface area contributed by atoms with Crippen molar-refractivity contribution in [3.8, 4) is 17.5 Å². The number of hydrogen-bond donors (Lipinski definition) is 2. The van der Waals surface area contributed by atoms with E-state index < -0.39 is 5.79 Å². The molecule has 12 nitrogen and oxygen atoms in total. The minimum absolute atomic E-state index is 0.382. The number of nitrogens with zero attached hydrogens (tertiary/aromatic N) is 6. The maximum atomic E-state index is 12.5. The van der Waals surface area contributed by atoms with Crippen molar-refractivity contribution in [3.05, 3.63) is 54.1 Å². The molecule has 3 aromatic rings. The number of anilines is 4. The molecule has 3 aliphatic rings. The summed E-state index contributed by atoms with van der Waals surface area (Å²) in [5.74, 6) is 1.34. The summed E-state index contributed by atoms with van der Waals surface area (Å²) in [7, 11) is 0. The van der Waals surface area contributed by atoms with Gasteiger partial charge in [-0.25, -0.2) is 4.79 Å². The largest absolute Gasteiger partial charge is 0.378 e. The lowest BCUT2D eigenvalue weighted by molar-refractivity contribution is -0.169. The summed E-state index contributed by atoms with van der Waals surface area (Å²) in [5.41, 5.74) is 2.56. The van der Waals surface area contributed by atoms with E-state index in [-0.39, 0.29) is 6.03 Å². The number of amides is 2. The normalized spacial score (nSPS) is 18.4. The molecule has 2 N–H and O–H groups in total. The van der Waals surface area contributed by atoms with E-state index in [1.54, 1.807) is 24.3 Å². The third-order valence-corrected chi connectivity index (χ3v) is 7.20. The van der Waals surface area contributed by atoms with E-state index in [1.165, 1.54) is 0 Å². The van der Waals surface area contributed by atoms with Crippen LogP contribution in [0.5, 0.6) is 0 Å². The monoisotopic (exact) mass is 542 g/mol. The molecule has 0 radical (unpaired) electrons. The van der Waals surface area contributed by atoms with Gasteiger partial charge in [-0.1, -0.05) is 0 Å². The van der Waals surface area contributed by atoms with Crippen molar-refractivity contribution in [2.24, 2.45) is 0 Å². The number of nitrogens with one attached hydrogen (secondary N) is 2. The first-order chi connectivity index (χ1) is 19.6. The van der Waals surface area contributed by atoms with Crippen LogP contribution in [0.15, 0.2) is 48.5 Å². The second kappa shape index (κ2) is 11.4. The average Bonchev–Trinajstić information content (AvgIpc) is 3.46. The molecule has 2 aromatic carbocycles. The first-order valence-corrected chi connectivity index (χ1v) is 13.4. The van der Waals surface area contributed by atoms with Crippen LogP contribution in [0.25, 0.3) is 11.4 Å². The van der Waals surface area contributed by atoms with Crippen LogP contribution in [0.2, 0.25) is 0 Å². The highest BCUT2D eigenvalue weighted by molar-refractivity contribution is 5.99. The zero-order valence-electron chi connectivity index (χ0n) is 22.0. The molecule has 206 valence electrons. The van der Waals surface area contributed by atoms with E-state index in [4.69, 9.17) is 34.4 Å². The van der Waals surface area contributed by atoms with Crippen molar-refractivity contribution < 1.29 is 19.0 Å². The molecule has 0 aliphatic carbocycles. The Morgan fingerprint density at radius 1 is 0.775 bits per heavy atom. The Morgan fingerprint density at radius 2 is 1.32 bits per heavy atom. The van der Waals surface area contributed by atoms with Gasteiger partial charge in [-0.05, 0) is 48.5 Å². The molecule has 2 amide bonds. The molecule has 12 heteroatoms. The number of ether oxygens (including phenoxy) is 3. The van der Waals surface area contributed by atoms with Gasteiger partial charge in [-0.2, -0.15) is 20.2 Å². The second-order valence-corrected chi connectivity index (χ2v) is 9.80. The van der Waals surface area contributed by atoms with Crippen molar-refractivity contribution in [1.29, 1.82) is 5.26 Å². The fourth-order valence-corrected chi connectivity index (χ4v) is 4.99. The van der Waals surface area contributed by atoms with E-state index in [0.29, 0.717) is 74.2 Å². The van der Waals surface area contributed by atoms with Crippen LogP contribution >= 0.6 is 0 Å². The summed E-state index contributed by atoms with van der Waals surface area (Å²) in [4.78, 5) is 31.2. The van der Waals surface area contributed by atoms with Gasteiger partial charge in [0.25, 0.3) is 0 Å². The summed E-state index contributed by atoms with van der Waals surface area (Å²) >= 11 is 0. The van der Waals surface area contributed by atoms with Crippen molar-refractivity contribution in [2.75, 3.05) is 73.0 Å². The van der Waals surface area contributed by atoms with Crippen LogP contribution in [0.1, 0.15) is 18.4 Å². The van der Waals surface area contributed by atoms with E-state index in [1.807, 2.05) is 24.3 Å². The Bertz CT molecular complexity index is 1370. The predicted molar refractivity (Wildman–Crippen MR) is 148 cm³/mol. The van der Waals surface area contributed by atoms with Crippen LogP contribution in [0.3, 0.4) is 0 Å². The number of urea groups is 1. The number of morpholine rings is 1. The van der Waals surface area contributed by atoms with Gasteiger partial charge in [0.05, 0.1) is 38.1 Å². The Hall–Kier alpha value is -4.31. The topological polar surface area (TPSA) is 138 Å². The quantitative estimate of drug-likeness (QED) is 0.494. The highest BCUT2D eigenvalue weighted by atomic mass is 16.7. The van der Waals surface area contributed by atoms with Crippen LogP contribution in [0, 0.1) is 11.3 Å². The Labute approximate surface area is 231 Å². The predicted octanol–water partition coefficient (Wildman–Crippen LogP) is 3.23. The maximum Gasteiger partial charge on any atom is 0.323 e. The van der Waals surface area contributed by atoms with Gasteiger partial charge in [0.2, 0.25) is 11.9 Å². The lowest BCUT2D eigenvalue weighted by Crippen LogP contribution is -2.46. The van der Waals surface area contributed by atoms with Crippen LogP contribution < -0.4 is 20.4 Å². The average molecular weight is 543 g/mol. The van der Waals surface area contributed by atoms with Gasteiger partial charge in [0.15, 0.2) is 11.6 Å². The van der Waals surface area contributed by atoms with Crippen molar-refractivity contribution in [1.82, 2.24) is 15.0 Å². The van der Waals surface area contributed by atoms with Crippen molar-refractivity contribution in [3.63, 3.8) is 0 Å². The molecule has 3 saturated heterocycles. The second-order valence-electron chi connectivity index (χ2n) is 9.80. The maximum absolute atomic E-state index is 12.5. The molecule has 3 fully saturated rings. The van der Waals surface area contributed by atoms with Gasteiger partial charge in [0.1, 0.15) is 0 Å². The summed E-state index contributed by atoms with van der Waals surface area (Å²) in [5, 5.41) is 14.5. The molecule has 40 heavy (non-hydrogen) atoms. The number of carbonyl (C=O) groups excluding carboxylic acids is 1. The summed E-state index contributed by atoms with van der Waals surface area (Å²) < 4.78 is 17.3. The SMILES string of the molecule is N#Cc1ccc(NC(=O)Nc2ccc(-c3nc(N4CCOCC4)nc(N4CCC5(CC4)OCCO5)n3)cc2)cc1. The van der Waals surface area contributed by atoms with Crippen LogP contribution in [-0.2, 0) is 14.2 Å². The third kappa shape index (κ3) is 5.81. The Kier molecular flexibility index (Phi) is 7.41. The molecule has 4 heterocycles. The van der Waals surface area contributed by atoms with Crippen molar-refractivity contribution >= 4 is 29.3 Å². The fourth-order valence-electron chi connectivity index (χ4n) is 4.99. The number of rotatable bonds is 5. The number of hydrogen-bond acceptors (Lipinski definition) is 10. The third-order valence-electron chi connectivity index (χ3n) is 7.20. The van der Waals surface area contributed by atoms with E-state index in [2.05, 4.69) is 26.5 Å². The molecule has 0 saturated carbocycles. The molecule has 0 unspecified atom stereocenters. The van der Waals surface area contributed by atoms with Gasteiger partial charge in [-0.3, -0.25) is 0 Å². The zero-order chi connectivity index (χ0) is 27.4. The molecule has 1 spiro atoms. The Morgan fingerprint density at radius 3 is 1.90 bits per heavy atom. The van der Waals surface area contributed by atoms with Gasteiger partial charge >= 0.3 is 6.03 Å². The molecule has 3 aliphatic heterocycles. The Balaban J connectivity index is 1.18. The smallest absolute Gasteiger partial charge is 0.323 e. The van der Waals surface area contributed by atoms with E-state index >= 15 is 0 Å². The van der Waals surface area contributed by atoms with Gasteiger partial charge in [-0.15, -0.1) is 0 Å². The van der Waals surface area contributed by atoms with E-state index in [9.17, 15) is 4.79 Å². The molecular formula is C28H30N8O4. The summed E-state index contributed by atoms with van der Waals surface area (Å²) in [6.45, 7) is 5.41. The molecule has 1 aromatic heterocycles. The van der Waals surface area contributed by atoms with Crippen molar-refractivity contribution in [2.45, 2.75) is 18.6 Å². The highest BCUT2D eigenvalue weighted by Crippen LogP contribution is 2.33. The standard InChI is InChI=1S/C28H30N8O4/c29-19-20-1-5-22(6-2-20)30-27(37)31-23-7-3-21(4-8-23)24-32-25(34-26(33-24)36-13-15-38-16-14-36)35-11-9-28(10-12-35)39-17-18-40-28/h1-8H,9-18H2,(H2,30,31,37). The minimum atomic E-state index is -0.478. The highest BCUT2D eigenvalue weighted by Gasteiger charge is 2.40. The number of nitriles is 1. The molecular weight excluding hydrogens is 512 g/mol. The van der Waals surface area contributed by atoms with Gasteiger partial charge in [0, 0.05) is 56.0 Å². The van der Waals surface area contributed by atoms with E-state index in [0.717, 1.165) is 31.5 Å². The number of aromatic nitrogens is 3. The summed E-state index contributed by atoms with van der Waals surface area (Å²) in [6, 6.07) is 15.7. The minimum Gasteiger partial charge on any atom is -0.378 e. The summed E-state index contributed by atoms with van der Waals surface area (Å²) in [6.07, 6.45) is 1.51. The molecule has 0 bridgehead atoms.